The van der Waals surface area contributed by atoms with Crippen LogP contribution in [0.4, 0.5) is 19.1 Å². The van der Waals surface area contributed by atoms with Gasteiger partial charge in [0.1, 0.15) is 12.9 Å². The van der Waals surface area contributed by atoms with E-state index in [1.165, 1.54) is 11.0 Å². The third-order valence-corrected chi connectivity index (χ3v) is 2.29. The maximum atomic E-state index is 11.9. The lowest BCUT2D eigenvalue weighted by Gasteiger charge is -2.04. The molecule has 0 aliphatic rings. The highest BCUT2D eigenvalue weighted by Crippen LogP contribution is 2.14. The van der Waals surface area contributed by atoms with Crippen molar-refractivity contribution >= 4 is 30.2 Å². The number of halogens is 4. The van der Waals surface area contributed by atoms with Crippen LogP contribution in [0.5, 0.6) is 0 Å². The summed E-state index contributed by atoms with van der Waals surface area (Å²) in [6.07, 6.45) is -0.979. The number of nitrogens with one attached hydrogen (secondary N) is 2. The van der Waals surface area contributed by atoms with E-state index >= 15 is 0 Å². The van der Waals surface area contributed by atoms with Crippen molar-refractivity contribution in [3.05, 3.63) is 6.33 Å². The van der Waals surface area contributed by atoms with Crippen LogP contribution in [-0.4, -0.2) is 39.3 Å². The van der Waals surface area contributed by atoms with Crippen molar-refractivity contribution in [3.63, 3.8) is 0 Å². The molecular weight excluding hydrogens is 325 g/mol. The lowest BCUT2D eigenvalue weighted by molar-refractivity contribution is -0.118. The van der Waals surface area contributed by atoms with Crippen LogP contribution in [0.3, 0.4) is 0 Å². The summed E-state index contributed by atoms with van der Waals surface area (Å²) in [7, 11) is 0. The zero-order valence-electron chi connectivity index (χ0n) is 11.6. The van der Waals surface area contributed by atoms with Crippen molar-refractivity contribution in [2.45, 2.75) is 32.0 Å². The molecule has 0 radical (unpaired) electrons. The molecule has 1 rings (SSSR count). The summed E-state index contributed by atoms with van der Waals surface area (Å²) in [4.78, 5) is 6.97. The van der Waals surface area contributed by atoms with E-state index in [2.05, 4.69) is 20.4 Å². The number of aliphatic imine (C=N–C) groups is 1. The molecule has 0 fully saturated rings. The monoisotopic (exact) mass is 342 g/mol. The smallest absolute Gasteiger partial charge is 0.388 e. The van der Waals surface area contributed by atoms with Gasteiger partial charge in [-0.05, 0) is 12.8 Å². The fourth-order valence-corrected chi connectivity index (χ4v) is 1.38. The van der Waals surface area contributed by atoms with Gasteiger partial charge in [-0.1, -0.05) is 0 Å². The molecule has 1 aromatic rings. The van der Waals surface area contributed by atoms with Gasteiger partial charge in [-0.25, -0.2) is 9.98 Å². The van der Waals surface area contributed by atoms with E-state index in [0.29, 0.717) is 13.0 Å². The maximum Gasteiger partial charge on any atom is 0.408 e. The second kappa shape index (κ2) is 9.07. The van der Waals surface area contributed by atoms with Gasteiger partial charge in [-0.2, -0.15) is 13.2 Å². The molecule has 8 nitrogen and oxygen atoms in total. The first-order valence-electron chi connectivity index (χ1n) is 6.12. The lowest BCUT2D eigenvalue weighted by atomic mass is 10.2. The highest BCUT2D eigenvalue weighted by molar-refractivity contribution is 5.90. The molecule has 0 aromatic carbocycles. The Kier molecular flexibility index (Phi) is 8.23. The quantitative estimate of drug-likeness (QED) is 0.335. The first-order valence-corrected chi connectivity index (χ1v) is 6.12. The topological polar surface area (TPSA) is 131 Å². The summed E-state index contributed by atoms with van der Waals surface area (Å²) < 4.78 is 37.3. The van der Waals surface area contributed by atoms with Crippen LogP contribution in [0, 0.1) is 5.41 Å². The number of nitrogens with two attached hydrogens (primary N) is 2. The number of unbranched alkanes of at least 4 members (excludes halogenated alkanes) is 1. The summed E-state index contributed by atoms with van der Waals surface area (Å²) in [6.45, 7) is -0.806. The summed E-state index contributed by atoms with van der Waals surface area (Å²) in [6, 6.07) is 0. The van der Waals surface area contributed by atoms with Crippen molar-refractivity contribution in [2.75, 3.05) is 11.9 Å². The second-order valence-electron chi connectivity index (χ2n) is 4.26. The normalized spacial score (nSPS) is 11.9. The minimum Gasteiger partial charge on any atom is -0.388 e. The minimum absolute atomic E-state index is 0. The first-order chi connectivity index (χ1) is 9.76. The molecule has 0 spiro atoms. The molecule has 1 heterocycles. The summed E-state index contributed by atoms with van der Waals surface area (Å²) >= 11 is 0. The Morgan fingerprint density at radius 2 is 2.05 bits per heavy atom. The van der Waals surface area contributed by atoms with Crippen LogP contribution in [0.2, 0.25) is 0 Å². The van der Waals surface area contributed by atoms with E-state index in [0.717, 1.165) is 12.8 Å². The van der Waals surface area contributed by atoms with Crippen molar-refractivity contribution in [2.24, 2.45) is 16.5 Å². The number of hydrogen-bond acceptors (Lipinski definition) is 4. The van der Waals surface area contributed by atoms with Gasteiger partial charge in [0.2, 0.25) is 5.95 Å². The van der Waals surface area contributed by atoms with Gasteiger partial charge in [-0.3, -0.25) is 15.4 Å². The number of rotatable bonds is 7. The average molecular weight is 343 g/mol. The SMILES string of the molecule is Cl.N=C(N)CCCCn1cnc(NC(N)=NCC(F)(F)F)n1. The molecule has 12 heteroatoms. The molecule has 0 bridgehead atoms. The highest BCUT2D eigenvalue weighted by Gasteiger charge is 2.26. The Morgan fingerprint density at radius 1 is 1.36 bits per heavy atom. The molecule has 0 aliphatic carbocycles. The fraction of sp³-hybridized carbons (Fsp3) is 0.600. The van der Waals surface area contributed by atoms with Gasteiger partial charge in [-0.15, -0.1) is 17.5 Å². The van der Waals surface area contributed by atoms with Crippen LogP contribution in [0.15, 0.2) is 11.3 Å². The predicted octanol–water partition coefficient (Wildman–Crippen LogP) is 1.10. The highest BCUT2D eigenvalue weighted by atomic mass is 35.5. The molecule has 22 heavy (non-hydrogen) atoms. The standard InChI is InChI=1S/C10H17F3N8.ClH/c11-10(12,13)5-17-8(16)19-9-18-6-21(20-9)4-2-1-3-7(14)15;/h6H,1-5H2,(H3,14,15)(H3,16,17,19,20);1H. The minimum atomic E-state index is -4.41. The average Bonchev–Trinajstić information content (AvgIpc) is 2.79. The van der Waals surface area contributed by atoms with Crippen molar-refractivity contribution in [1.82, 2.24) is 14.8 Å². The number of amidine groups is 1. The van der Waals surface area contributed by atoms with Crippen molar-refractivity contribution < 1.29 is 13.2 Å². The Labute approximate surface area is 131 Å². The summed E-state index contributed by atoms with van der Waals surface area (Å²) in [5.74, 6) is -0.198. The van der Waals surface area contributed by atoms with Crippen molar-refractivity contribution in [3.8, 4) is 0 Å². The van der Waals surface area contributed by atoms with Gasteiger partial charge in [0.15, 0.2) is 5.96 Å². The fourth-order valence-electron chi connectivity index (χ4n) is 1.38. The molecular formula is C10H18ClF3N8. The Morgan fingerprint density at radius 3 is 2.64 bits per heavy atom. The lowest BCUT2D eigenvalue weighted by Crippen LogP contribution is -2.26. The number of anilines is 1. The zero-order valence-corrected chi connectivity index (χ0v) is 12.4. The van der Waals surface area contributed by atoms with E-state index < -0.39 is 18.7 Å². The molecule has 0 saturated carbocycles. The van der Waals surface area contributed by atoms with Gasteiger partial charge >= 0.3 is 6.18 Å². The number of hydrogen-bond donors (Lipinski definition) is 4. The van der Waals surface area contributed by atoms with Gasteiger partial charge in [0.05, 0.1) is 5.84 Å². The van der Waals surface area contributed by atoms with E-state index in [1.54, 1.807) is 0 Å². The molecule has 0 aliphatic heterocycles. The number of aromatic nitrogens is 3. The number of alkyl halides is 3. The van der Waals surface area contributed by atoms with Crippen LogP contribution in [0.25, 0.3) is 0 Å². The number of guanidine groups is 1. The van der Waals surface area contributed by atoms with Gasteiger partial charge in [0, 0.05) is 13.0 Å². The molecule has 1 aromatic heterocycles. The Hall–Kier alpha value is -2.04. The van der Waals surface area contributed by atoms with Gasteiger partial charge in [0.25, 0.3) is 0 Å². The number of aryl methyl sites for hydroxylation is 1. The second-order valence-corrected chi connectivity index (χ2v) is 4.26. The third-order valence-electron chi connectivity index (χ3n) is 2.29. The van der Waals surface area contributed by atoms with E-state index in [9.17, 15) is 13.2 Å². The summed E-state index contributed by atoms with van der Waals surface area (Å²) in [5, 5.41) is 13.4. The molecule has 0 saturated heterocycles. The van der Waals surface area contributed by atoms with Gasteiger partial charge < -0.3 is 11.5 Å². The van der Waals surface area contributed by atoms with E-state index in [-0.39, 0.29) is 24.2 Å². The molecule has 0 unspecified atom stereocenters. The number of nitrogens with zero attached hydrogens (tertiary/aromatic N) is 4. The first kappa shape index (κ1) is 20.0. The third kappa shape index (κ3) is 9.00. The molecule has 126 valence electrons. The Bertz CT molecular complexity index is 499. The molecule has 0 atom stereocenters. The zero-order chi connectivity index (χ0) is 15.9. The van der Waals surface area contributed by atoms with Crippen LogP contribution in [0.1, 0.15) is 19.3 Å². The van der Waals surface area contributed by atoms with Crippen LogP contribution >= 0.6 is 12.4 Å². The molecule has 6 N–H and O–H groups in total. The Balaban J connectivity index is 0.00000441. The molecule has 0 amide bonds. The summed E-state index contributed by atoms with van der Waals surface area (Å²) in [5.41, 5.74) is 10.5. The maximum absolute atomic E-state index is 11.9. The van der Waals surface area contributed by atoms with E-state index in [1.807, 2.05) is 0 Å². The van der Waals surface area contributed by atoms with Crippen LogP contribution < -0.4 is 16.8 Å². The van der Waals surface area contributed by atoms with Crippen LogP contribution in [-0.2, 0) is 6.54 Å². The van der Waals surface area contributed by atoms with Crippen molar-refractivity contribution in [1.29, 1.82) is 5.41 Å². The largest absolute Gasteiger partial charge is 0.408 e. The van der Waals surface area contributed by atoms with E-state index in [4.69, 9.17) is 16.9 Å². The predicted molar refractivity (Wildman–Crippen MR) is 79.2 cm³/mol.